The lowest BCUT2D eigenvalue weighted by molar-refractivity contribution is 0.862. The van der Waals surface area contributed by atoms with Gasteiger partial charge in [-0.15, -0.1) is 0 Å². The molecule has 0 radical (unpaired) electrons. The highest BCUT2D eigenvalue weighted by atomic mass is 32.1. The summed E-state index contributed by atoms with van der Waals surface area (Å²) in [7, 11) is 0. The molecule has 2 aromatic rings. The van der Waals surface area contributed by atoms with Gasteiger partial charge in [0.05, 0.1) is 6.21 Å². The lowest BCUT2D eigenvalue weighted by Gasteiger charge is -1.97. The molecule has 0 saturated carbocycles. The molecular weight excluding hydrogens is 208 g/mol. The van der Waals surface area contributed by atoms with Crippen LogP contribution in [0, 0.1) is 11.7 Å². The zero-order valence-corrected chi connectivity index (χ0v) is 9.03. The Labute approximate surface area is 92.3 Å². The summed E-state index contributed by atoms with van der Waals surface area (Å²) in [6.45, 7) is 2.04. The van der Waals surface area contributed by atoms with E-state index < -0.39 is 0 Å². The first-order chi connectivity index (χ1) is 7.27. The van der Waals surface area contributed by atoms with Crippen molar-refractivity contribution in [1.29, 1.82) is 0 Å². The third kappa shape index (κ3) is 2.19. The maximum Gasteiger partial charge on any atom is 0.216 e. The van der Waals surface area contributed by atoms with E-state index in [0.29, 0.717) is 4.77 Å². The van der Waals surface area contributed by atoms with Gasteiger partial charge in [-0.05, 0) is 30.3 Å². The normalized spacial score (nSPS) is 11.0. The highest BCUT2D eigenvalue weighted by Crippen LogP contribution is 2.03. The molecule has 0 aliphatic carbocycles. The number of H-pyrrole nitrogens is 1. The predicted octanol–water partition coefficient (Wildman–Crippen LogP) is 2.13. The van der Waals surface area contributed by atoms with Crippen LogP contribution in [-0.2, 0) is 0 Å². The number of nitrogens with one attached hydrogen (secondary N) is 1. The van der Waals surface area contributed by atoms with Crippen molar-refractivity contribution in [3.63, 3.8) is 0 Å². The molecule has 0 fully saturated rings. The second-order valence-corrected chi connectivity index (χ2v) is 3.49. The molecule has 15 heavy (non-hydrogen) atoms. The molecule has 0 unspecified atom stereocenters. The van der Waals surface area contributed by atoms with Crippen LogP contribution >= 0.6 is 12.2 Å². The van der Waals surface area contributed by atoms with Crippen LogP contribution in [0.25, 0.3) is 0 Å². The lowest BCUT2D eigenvalue weighted by Crippen LogP contribution is -1.91. The monoisotopic (exact) mass is 218 g/mol. The van der Waals surface area contributed by atoms with Crippen LogP contribution in [0.3, 0.4) is 0 Å². The van der Waals surface area contributed by atoms with E-state index in [4.69, 9.17) is 12.2 Å². The summed E-state index contributed by atoms with van der Waals surface area (Å²) in [5, 5.41) is 10.6. The van der Waals surface area contributed by atoms with Gasteiger partial charge < -0.3 is 0 Å². The highest BCUT2D eigenvalue weighted by molar-refractivity contribution is 7.71. The van der Waals surface area contributed by atoms with Gasteiger partial charge in [0.15, 0.2) is 0 Å². The number of benzene rings is 1. The molecule has 1 heterocycles. The second kappa shape index (κ2) is 4.18. The Morgan fingerprint density at radius 3 is 2.93 bits per heavy atom. The van der Waals surface area contributed by atoms with E-state index in [1.807, 2.05) is 31.2 Å². The fraction of sp³-hybridized carbons (Fsp3) is 0.100. The van der Waals surface area contributed by atoms with E-state index in [9.17, 15) is 0 Å². The molecule has 76 valence electrons. The van der Waals surface area contributed by atoms with Crippen molar-refractivity contribution in [2.75, 3.05) is 0 Å². The fourth-order valence-corrected chi connectivity index (χ4v) is 1.33. The summed E-state index contributed by atoms with van der Waals surface area (Å²) in [5.74, 6) is 0. The van der Waals surface area contributed by atoms with Crippen molar-refractivity contribution < 1.29 is 0 Å². The summed E-state index contributed by atoms with van der Waals surface area (Å²) in [6, 6.07) is 8.01. The van der Waals surface area contributed by atoms with Gasteiger partial charge in [0.1, 0.15) is 6.33 Å². The van der Waals surface area contributed by atoms with Crippen molar-refractivity contribution in [1.82, 2.24) is 14.9 Å². The third-order valence-electron chi connectivity index (χ3n) is 2.05. The zero-order valence-electron chi connectivity index (χ0n) is 8.21. The van der Waals surface area contributed by atoms with Crippen molar-refractivity contribution in [2.45, 2.75) is 6.92 Å². The van der Waals surface area contributed by atoms with Crippen LogP contribution in [0.4, 0.5) is 0 Å². The van der Waals surface area contributed by atoms with Crippen LogP contribution in [0.2, 0.25) is 0 Å². The van der Waals surface area contributed by atoms with Gasteiger partial charge in [0.2, 0.25) is 4.77 Å². The standard InChI is InChI=1S/C10H10N4S/c1-8-4-2-3-5-9(8)6-12-14-7-11-13-10(14)15/h2-7H,1H3,(H,13,15). The lowest BCUT2D eigenvalue weighted by atomic mass is 10.1. The molecule has 0 atom stereocenters. The number of hydrogen-bond donors (Lipinski definition) is 1. The number of aromatic amines is 1. The number of aryl methyl sites for hydroxylation is 1. The molecular formula is C10H10N4S. The molecule has 2 rings (SSSR count). The Kier molecular flexibility index (Phi) is 2.73. The highest BCUT2D eigenvalue weighted by Gasteiger charge is 1.92. The Bertz CT molecular complexity index is 538. The Morgan fingerprint density at radius 1 is 1.47 bits per heavy atom. The molecule has 1 aromatic carbocycles. The molecule has 1 aromatic heterocycles. The van der Waals surface area contributed by atoms with E-state index in [1.54, 1.807) is 6.21 Å². The Balaban J connectivity index is 2.30. The second-order valence-electron chi connectivity index (χ2n) is 3.11. The fourth-order valence-electron chi connectivity index (χ4n) is 1.18. The van der Waals surface area contributed by atoms with Gasteiger partial charge in [-0.1, -0.05) is 24.3 Å². The zero-order chi connectivity index (χ0) is 10.7. The largest absolute Gasteiger partial charge is 0.250 e. The topological polar surface area (TPSA) is 46.0 Å². The number of nitrogens with zero attached hydrogens (tertiary/aromatic N) is 3. The van der Waals surface area contributed by atoms with Gasteiger partial charge in [0.25, 0.3) is 0 Å². The number of hydrogen-bond acceptors (Lipinski definition) is 3. The quantitative estimate of drug-likeness (QED) is 0.620. The molecule has 4 nitrogen and oxygen atoms in total. The van der Waals surface area contributed by atoms with Gasteiger partial charge in [-0.3, -0.25) is 5.10 Å². The first-order valence-corrected chi connectivity index (χ1v) is 4.90. The van der Waals surface area contributed by atoms with E-state index >= 15 is 0 Å². The SMILES string of the molecule is Cc1ccccc1C=Nn1cn[nH]c1=S. The van der Waals surface area contributed by atoms with Crippen LogP contribution in [0.15, 0.2) is 35.7 Å². The summed E-state index contributed by atoms with van der Waals surface area (Å²) in [4.78, 5) is 0. The van der Waals surface area contributed by atoms with Gasteiger partial charge in [-0.2, -0.15) is 14.9 Å². The van der Waals surface area contributed by atoms with E-state index in [2.05, 4.69) is 15.3 Å². The first-order valence-electron chi connectivity index (χ1n) is 4.49. The van der Waals surface area contributed by atoms with E-state index in [0.717, 1.165) is 5.56 Å². The van der Waals surface area contributed by atoms with Crippen LogP contribution in [-0.4, -0.2) is 21.1 Å². The minimum absolute atomic E-state index is 0.486. The van der Waals surface area contributed by atoms with Crippen molar-refractivity contribution in [3.05, 3.63) is 46.5 Å². The maximum absolute atomic E-state index is 4.96. The van der Waals surface area contributed by atoms with Gasteiger partial charge in [-0.25, -0.2) is 0 Å². The predicted molar refractivity (Wildman–Crippen MR) is 61.6 cm³/mol. The average Bonchev–Trinajstić information content (AvgIpc) is 2.63. The molecule has 1 N–H and O–H groups in total. The Hall–Kier alpha value is -1.75. The maximum atomic E-state index is 4.96. The average molecular weight is 218 g/mol. The van der Waals surface area contributed by atoms with Crippen LogP contribution in [0.5, 0.6) is 0 Å². The van der Waals surface area contributed by atoms with Crippen LogP contribution in [0.1, 0.15) is 11.1 Å². The molecule has 0 aliphatic rings. The summed E-state index contributed by atoms with van der Waals surface area (Å²) < 4.78 is 2.00. The minimum atomic E-state index is 0.486. The molecule has 0 bridgehead atoms. The molecule has 0 aliphatic heterocycles. The van der Waals surface area contributed by atoms with Crippen LogP contribution < -0.4 is 0 Å². The van der Waals surface area contributed by atoms with Crippen molar-refractivity contribution in [3.8, 4) is 0 Å². The summed E-state index contributed by atoms with van der Waals surface area (Å²) in [6.07, 6.45) is 3.30. The summed E-state index contributed by atoms with van der Waals surface area (Å²) in [5.41, 5.74) is 2.25. The molecule has 0 amide bonds. The smallest absolute Gasteiger partial charge is 0.216 e. The molecule has 0 spiro atoms. The molecule has 5 heteroatoms. The number of aromatic nitrogens is 3. The Morgan fingerprint density at radius 2 is 2.27 bits per heavy atom. The summed E-state index contributed by atoms with van der Waals surface area (Å²) >= 11 is 4.96. The third-order valence-corrected chi connectivity index (χ3v) is 2.32. The van der Waals surface area contributed by atoms with Gasteiger partial charge >= 0.3 is 0 Å². The van der Waals surface area contributed by atoms with Gasteiger partial charge in [0, 0.05) is 0 Å². The minimum Gasteiger partial charge on any atom is -0.250 e. The van der Waals surface area contributed by atoms with E-state index in [1.165, 1.54) is 16.6 Å². The van der Waals surface area contributed by atoms with Crippen molar-refractivity contribution in [2.24, 2.45) is 5.10 Å². The van der Waals surface area contributed by atoms with E-state index in [-0.39, 0.29) is 0 Å². The molecule has 0 saturated heterocycles. The van der Waals surface area contributed by atoms with Crippen molar-refractivity contribution >= 4 is 18.4 Å². The number of rotatable bonds is 2. The first kappa shape index (κ1) is 9.79.